The summed E-state index contributed by atoms with van der Waals surface area (Å²) in [4.78, 5) is 42.8. The quantitative estimate of drug-likeness (QED) is 0.703. The summed E-state index contributed by atoms with van der Waals surface area (Å²) in [6.45, 7) is 3.86. The number of likely N-dealkylation sites (tertiary alicyclic amines) is 1. The zero-order chi connectivity index (χ0) is 20.2. The van der Waals surface area contributed by atoms with E-state index in [1.54, 1.807) is 4.90 Å². The molecule has 29 heavy (non-hydrogen) atoms. The average molecular weight is 399 g/mol. The van der Waals surface area contributed by atoms with Crippen molar-refractivity contribution in [2.45, 2.75) is 25.7 Å². The Kier molecular flexibility index (Phi) is 6.02. The maximum atomic E-state index is 12.4. The zero-order valence-electron chi connectivity index (χ0n) is 16.8. The van der Waals surface area contributed by atoms with Crippen molar-refractivity contribution in [3.8, 4) is 0 Å². The lowest BCUT2D eigenvalue weighted by molar-refractivity contribution is -0.157. The lowest BCUT2D eigenvalue weighted by Crippen LogP contribution is -2.50. The molecule has 2 saturated heterocycles. The Hall–Kier alpha value is -2.57. The van der Waals surface area contributed by atoms with Crippen LogP contribution in [0.15, 0.2) is 30.3 Å². The fourth-order valence-corrected chi connectivity index (χ4v) is 4.12. The number of amides is 2. The predicted molar refractivity (Wildman–Crippen MR) is 108 cm³/mol. The van der Waals surface area contributed by atoms with Crippen LogP contribution in [-0.4, -0.2) is 73.5 Å². The minimum Gasteiger partial charge on any atom is -0.455 e. The van der Waals surface area contributed by atoms with Gasteiger partial charge in [0, 0.05) is 50.9 Å². The van der Waals surface area contributed by atoms with Gasteiger partial charge in [-0.25, -0.2) is 0 Å². The van der Waals surface area contributed by atoms with Gasteiger partial charge in [0.2, 0.25) is 5.91 Å². The highest BCUT2D eigenvalue weighted by Gasteiger charge is 2.36. The smallest absolute Gasteiger partial charge is 0.309 e. The van der Waals surface area contributed by atoms with E-state index in [1.165, 1.54) is 0 Å². The van der Waals surface area contributed by atoms with E-state index in [9.17, 15) is 14.4 Å². The molecule has 0 unspecified atom stereocenters. The van der Waals surface area contributed by atoms with Crippen LogP contribution in [0.2, 0.25) is 0 Å². The van der Waals surface area contributed by atoms with Crippen LogP contribution >= 0.6 is 0 Å². The number of benzene rings is 1. The van der Waals surface area contributed by atoms with Crippen molar-refractivity contribution in [3.05, 3.63) is 30.3 Å². The third kappa shape index (κ3) is 4.89. The van der Waals surface area contributed by atoms with E-state index in [2.05, 4.69) is 17.0 Å². The molecule has 2 heterocycles. The molecule has 4 rings (SSSR count). The number of esters is 1. The maximum Gasteiger partial charge on any atom is 0.309 e. The fraction of sp³-hybridized carbons (Fsp3) is 0.591. The summed E-state index contributed by atoms with van der Waals surface area (Å²) in [5.41, 5.74) is 1.16. The van der Waals surface area contributed by atoms with Crippen LogP contribution in [0.1, 0.15) is 25.7 Å². The number of rotatable bonds is 5. The summed E-state index contributed by atoms with van der Waals surface area (Å²) in [7, 11) is 0. The molecule has 3 aliphatic rings. The standard InChI is InChI=1S/C22H29N3O4/c26-20(24-14-12-23(13-15-24)19-4-2-1-3-5-19)16-29-22(28)18-8-10-25(11-9-18)21(27)17-6-7-17/h1-5,17-18H,6-16H2. The lowest BCUT2D eigenvalue weighted by Gasteiger charge is -2.36. The minimum absolute atomic E-state index is 0.132. The molecule has 2 aliphatic heterocycles. The van der Waals surface area contributed by atoms with Gasteiger partial charge in [-0.15, -0.1) is 0 Å². The van der Waals surface area contributed by atoms with Crippen molar-refractivity contribution in [2.24, 2.45) is 11.8 Å². The van der Waals surface area contributed by atoms with Gasteiger partial charge in [-0.05, 0) is 37.8 Å². The highest BCUT2D eigenvalue weighted by Crippen LogP contribution is 2.32. The second-order valence-electron chi connectivity index (χ2n) is 8.18. The highest BCUT2D eigenvalue weighted by molar-refractivity contribution is 5.83. The maximum absolute atomic E-state index is 12.4. The van der Waals surface area contributed by atoms with Gasteiger partial charge in [0.25, 0.3) is 5.91 Å². The van der Waals surface area contributed by atoms with Crippen LogP contribution in [-0.2, 0) is 19.1 Å². The minimum atomic E-state index is -0.306. The van der Waals surface area contributed by atoms with Crippen LogP contribution in [0.5, 0.6) is 0 Å². The van der Waals surface area contributed by atoms with Crippen molar-refractivity contribution < 1.29 is 19.1 Å². The molecule has 0 N–H and O–H groups in total. The Morgan fingerprint density at radius 1 is 0.793 bits per heavy atom. The summed E-state index contributed by atoms with van der Waals surface area (Å²) < 4.78 is 5.32. The van der Waals surface area contributed by atoms with Gasteiger partial charge in [0.05, 0.1) is 5.92 Å². The number of piperazine rings is 1. The summed E-state index contributed by atoms with van der Waals surface area (Å²) in [5.74, 6) is -0.187. The van der Waals surface area contributed by atoms with Gasteiger partial charge in [0.1, 0.15) is 0 Å². The molecule has 3 fully saturated rings. The number of piperidine rings is 1. The van der Waals surface area contributed by atoms with Crippen LogP contribution in [0, 0.1) is 11.8 Å². The molecule has 0 radical (unpaired) electrons. The van der Waals surface area contributed by atoms with Gasteiger partial charge in [-0.2, -0.15) is 0 Å². The third-order valence-corrected chi connectivity index (χ3v) is 6.16. The summed E-state index contributed by atoms with van der Waals surface area (Å²) in [6, 6.07) is 10.2. The summed E-state index contributed by atoms with van der Waals surface area (Å²) in [6.07, 6.45) is 3.26. The normalized spacial score (nSPS) is 20.5. The van der Waals surface area contributed by atoms with E-state index >= 15 is 0 Å². The largest absolute Gasteiger partial charge is 0.455 e. The van der Waals surface area contributed by atoms with E-state index in [-0.39, 0.29) is 36.2 Å². The first-order valence-electron chi connectivity index (χ1n) is 10.6. The van der Waals surface area contributed by atoms with Crippen LogP contribution < -0.4 is 4.90 Å². The summed E-state index contributed by atoms with van der Waals surface area (Å²) >= 11 is 0. The van der Waals surface area contributed by atoms with Crippen molar-refractivity contribution in [3.63, 3.8) is 0 Å². The average Bonchev–Trinajstić information content (AvgIpc) is 3.63. The Morgan fingerprint density at radius 2 is 1.45 bits per heavy atom. The molecule has 0 spiro atoms. The van der Waals surface area contributed by atoms with Crippen LogP contribution in [0.25, 0.3) is 0 Å². The van der Waals surface area contributed by atoms with Crippen molar-refractivity contribution in [2.75, 3.05) is 50.8 Å². The molecule has 1 aromatic rings. The summed E-state index contributed by atoms with van der Waals surface area (Å²) in [5, 5.41) is 0. The number of hydrogen-bond donors (Lipinski definition) is 0. The first-order valence-corrected chi connectivity index (χ1v) is 10.6. The topological polar surface area (TPSA) is 70.2 Å². The van der Waals surface area contributed by atoms with Gasteiger partial charge in [0.15, 0.2) is 6.61 Å². The van der Waals surface area contributed by atoms with Crippen LogP contribution in [0.3, 0.4) is 0 Å². The Bertz CT molecular complexity index is 734. The zero-order valence-corrected chi connectivity index (χ0v) is 16.8. The van der Waals surface area contributed by atoms with Gasteiger partial charge < -0.3 is 19.4 Å². The Labute approximate surface area is 171 Å². The van der Waals surface area contributed by atoms with E-state index in [0.717, 1.165) is 31.6 Å². The molecule has 7 heteroatoms. The number of para-hydroxylation sites is 1. The molecule has 0 atom stereocenters. The predicted octanol–water partition coefficient (Wildman–Crippen LogP) is 1.53. The van der Waals surface area contributed by atoms with E-state index in [4.69, 9.17) is 4.74 Å². The van der Waals surface area contributed by atoms with E-state index in [0.29, 0.717) is 39.0 Å². The number of hydrogen-bond acceptors (Lipinski definition) is 5. The Balaban J connectivity index is 1.16. The number of carbonyl (C=O) groups excluding carboxylic acids is 3. The lowest BCUT2D eigenvalue weighted by atomic mass is 9.97. The van der Waals surface area contributed by atoms with Crippen molar-refractivity contribution in [1.82, 2.24) is 9.80 Å². The monoisotopic (exact) mass is 399 g/mol. The van der Waals surface area contributed by atoms with E-state index in [1.807, 2.05) is 23.1 Å². The van der Waals surface area contributed by atoms with E-state index < -0.39 is 0 Å². The molecule has 0 aromatic heterocycles. The van der Waals surface area contributed by atoms with Crippen molar-refractivity contribution >= 4 is 23.5 Å². The van der Waals surface area contributed by atoms with Gasteiger partial charge in [-0.1, -0.05) is 18.2 Å². The molecule has 1 saturated carbocycles. The van der Waals surface area contributed by atoms with Gasteiger partial charge in [-0.3, -0.25) is 14.4 Å². The second kappa shape index (κ2) is 8.84. The first-order chi connectivity index (χ1) is 14.1. The molecular formula is C22H29N3O4. The number of carbonyl (C=O) groups is 3. The second-order valence-corrected chi connectivity index (χ2v) is 8.18. The SMILES string of the molecule is O=C(OCC(=O)N1CCN(c2ccccc2)CC1)C1CCN(C(=O)C2CC2)CC1. The van der Waals surface area contributed by atoms with Crippen molar-refractivity contribution in [1.29, 1.82) is 0 Å². The molecule has 2 amide bonds. The first kappa shape index (κ1) is 19.7. The molecule has 1 aliphatic carbocycles. The third-order valence-electron chi connectivity index (χ3n) is 6.16. The molecule has 7 nitrogen and oxygen atoms in total. The highest BCUT2D eigenvalue weighted by atomic mass is 16.5. The molecular weight excluding hydrogens is 370 g/mol. The molecule has 156 valence electrons. The van der Waals surface area contributed by atoms with Gasteiger partial charge >= 0.3 is 5.97 Å². The number of nitrogens with zero attached hydrogens (tertiary/aromatic N) is 3. The Morgan fingerprint density at radius 3 is 2.07 bits per heavy atom. The molecule has 0 bridgehead atoms. The van der Waals surface area contributed by atoms with Crippen LogP contribution in [0.4, 0.5) is 5.69 Å². The fourth-order valence-electron chi connectivity index (χ4n) is 4.12. The number of ether oxygens (including phenoxy) is 1. The number of anilines is 1. The molecule has 1 aromatic carbocycles.